The number of nitrogens with zero attached hydrogens (tertiary/aromatic N) is 2. The van der Waals surface area contributed by atoms with E-state index < -0.39 is 10.0 Å². The molecule has 21 heavy (non-hydrogen) atoms. The smallest absolute Gasteiger partial charge is 0.211 e. The summed E-state index contributed by atoms with van der Waals surface area (Å²) in [5.41, 5.74) is 2.51. The molecule has 5 nitrogen and oxygen atoms in total. The first-order valence-corrected chi connectivity index (χ1v) is 9.49. The lowest BCUT2D eigenvalue weighted by molar-refractivity contribution is 0.397. The van der Waals surface area contributed by atoms with E-state index in [1.54, 1.807) is 0 Å². The number of hydrogen-bond acceptors (Lipinski definition) is 4. The van der Waals surface area contributed by atoms with E-state index in [2.05, 4.69) is 16.4 Å². The van der Waals surface area contributed by atoms with Crippen molar-refractivity contribution in [2.45, 2.75) is 38.6 Å². The minimum Gasteiger partial charge on any atom is -0.309 e. The molecule has 0 spiro atoms. The van der Waals surface area contributed by atoms with Crippen LogP contribution in [0.4, 0.5) is 0 Å². The van der Waals surface area contributed by atoms with E-state index in [9.17, 15) is 8.42 Å². The summed E-state index contributed by atoms with van der Waals surface area (Å²) in [4.78, 5) is 4.50. The Balaban J connectivity index is 1.82. The number of pyridine rings is 1. The summed E-state index contributed by atoms with van der Waals surface area (Å²) in [6, 6.07) is 4.45. The first-order chi connectivity index (χ1) is 10.0. The second-order valence-corrected chi connectivity index (χ2v) is 7.54. The molecule has 6 heteroatoms. The third-order valence-electron chi connectivity index (χ3n) is 3.99. The van der Waals surface area contributed by atoms with Crippen LogP contribution in [0.5, 0.6) is 0 Å². The highest BCUT2D eigenvalue weighted by Gasteiger charge is 2.20. The summed E-state index contributed by atoms with van der Waals surface area (Å²) in [6.07, 6.45) is 7.33. The number of fused-ring (bicyclic) bond motifs is 1. The van der Waals surface area contributed by atoms with Crippen molar-refractivity contribution in [3.63, 3.8) is 0 Å². The van der Waals surface area contributed by atoms with Crippen LogP contribution in [0.25, 0.3) is 0 Å². The van der Waals surface area contributed by atoms with Crippen LogP contribution in [0, 0.1) is 0 Å². The fourth-order valence-corrected chi connectivity index (χ4v) is 3.83. The van der Waals surface area contributed by atoms with E-state index >= 15 is 0 Å². The molecule has 1 aliphatic rings. The second-order valence-electron chi connectivity index (χ2n) is 5.55. The molecule has 0 aliphatic heterocycles. The molecule has 0 aromatic carbocycles. The van der Waals surface area contributed by atoms with Crippen LogP contribution in [-0.2, 0) is 16.4 Å². The maximum atomic E-state index is 11.5. The molecule has 0 amide bonds. The topological polar surface area (TPSA) is 62.3 Å². The third-order valence-corrected chi connectivity index (χ3v) is 5.37. The van der Waals surface area contributed by atoms with E-state index in [4.69, 9.17) is 0 Å². The van der Waals surface area contributed by atoms with Crippen LogP contribution in [0.1, 0.15) is 43.5 Å². The maximum absolute atomic E-state index is 11.5. The number of aromatic nitrogens is 1. The van der Waals surface area contributed by atoms with Gasteiger partial charge in [0.25, 0.3) is 0 Å². The first-order valence-electron chi connectivity index (χ1n) is 7.64. The molecule has 1 aromatic heterocycles. The lowest BCUT2D eigenvalue weighted by Gasteiger charge is -2.25. The van der Waals surface area contributed by atoms with Crippen LogP contribution in [0.3, 0.4) is 0 Å². The summed E-state index contributed by atoms with van der Waals surface area (Å²) in [7, 11) is -3.08. The van der Waals surface area contributed by atoms with Crippen LogP contribution >= 0.6 is 0 Å². The summed E-state index contributed by atoms with van der Waals surface area (Å²) in [6.45, 7) is 3.79. The van der Waals surface area contributed by atoms with Crippen molar-refractivity contribution in [2.75, 3.05) is 25.9 Å². The van der Waals surface area contributed by atoms with E-state index in [1.165, 1.54) is 28.2 Å². The quantitative estimate of drug-likeness (QED) is 0.779. The molecule has 0 fully saturated rings. The van der Waals surface area contributed by atoms with Crippen molar-refractivity contribution in [1.29, 1.82) is 0 Å². The van der Waals surface area contributed by atoms with Crippen LogP contribution < -0.4 is 5.32 Å². The largest absolute Gasteiger partial charge is 0.309 e. The predicted molar refractivity (Wildman–Crippen MR) is 84.6 cm³/mol. The maximum Gasteiger partial charge on any atom is 0.211 e. The van der Waals surface area contributed by atoms with E-state index in [1.807, 2.05) is 19.2 Å². The molecule has 118 valence electrons. The number of aryl methyl sites for hydroxylation is 1. The zero-order chi connectivity index (χ0) is 15.3. The molecule has 1 aromatic rings. The van der Waals surface area contributed by atoms with Gasteiger partial charge in [-0.15, -0.1) is 0 Å². The van der Waals surface area contributed by atoms with Gasteiger partial charge >= 0.3 is 0 Å². The van der Waals surface area contributed by atoms with E-state index in [0.29, 0.717) is 19.1 Å². The molecule has 1 unspecified atom stereocenters. The number of nitrogens with one attached hydrogen (secondary N) is 1. The van der Waals surface area contributed by atoms with Crippen molar-refractivity contribution in [2.24, 2.45) is 0 Å². The first kappa shape index (κ1) is 16.4. The van der Waals surface area contributed by atoms with Gasteiger partial charge in [-0.25, -0.2) is 12.7 Å². The van der Waals surface area contributed by atoms with E-state index in [-0.39, 0.29) is 0 Å². The zero-order valence-electron chi connectivity index (χ0n) is 12.9. The van der Waals surface area contributed by atoms with Crippen molar-refractivity contribution in [3.8, 4) is 0 Å². The fraction of sp³-hybridized carbons (Fsp3) is 0.667. The average Bonchev–Trinajstić information content (AvgIpc) is 2.46. The Morgan fingerprint density at radius 3 is 3.00 bits per heavy atom. The molecule has 0 saturated carbocycles. The number of hydrogen-bond donors (Lipinski definition) is 1. The molecule has 1 N–H and O–H groups in total. The third kappa shape index (κ3) is 4.49. The van der Waals surface area contributed by atoms with Crippen molar-refractivity contribution in [1.82, 2.24) is 14.6 Å². The lowest BCUT2D eigenvalue weighted by atomic mass is 9.92. The molecule has 0 saturated heterocycles. The van der Waals surface area contributed by atoms with Crippen LogP contribution in [-0.4, -0.2) is 43.6 Å². The Hall–Kier alpha value is -0.980. The molecule has 1 aliphatic carbocycles. The normalized spacial score (nSPS) is 18.7. The molecule has 1 atom stereocenters. The van der Waals surface area contributed by atoms with Gasteiger partial charge in [0.05, 0.1) is 11.9 Å². The lowest BCUT2D eigenvalue weighted by Crippen LogP contribution is -2.33. The van der Waals surface area contributed by atoms with Gasteiger partial charge in [0.15, 0.2) is 0 Å². The van der Waals surface area contributed by atoms with Crippen molar-refractivity contribution >= 4 is 10.0 Å². The number of rotatable bonds is 7. The highest BCUT2D eigenvalue weighted by Crippen LogP contribution is 2.27. The molecule has 0 radical (unpaired) electrons. The van der Waals surface area contributed by atoms with Crippen molar-refractivity contribution < 1.29 is 8.42 Å². The van der Waals surface area contributed by atoms with Gasteiger partial charge in [0, 0.05) is 25.3 Å². The molecular formula is C15H25N3O2S. The highest BCUT2D eigenvalue weighted by molar-refractivity contribution is 7.88. The van der Waals surface area contributed by atoms with Gasteiger partial charge < -0.3 is 5.32 Å². The Morgan fingerprint density at radius 1 is 1.48 bits per heavy atom. The molecule has 2 rings (SSSR count). The zero-order valence-corrected chi connectivity index (χ0v) is 13.7. The molecule has 0 bridgehead atoms. The van der Waals surface area contributed by atoms with Gasteiger partial charge in [-0.2, -0.15) is 0 Å². The van der Waals surface area contributed by atoms with Gasteiger partial charge in [0.2, 0.25) is 10.0 Å². The second kappa shape index (κ2) is 7.33. The Kier molecular flexibility index (Phi) is 5.72. The minimum atomic E-state index is -3.08. The fourth-order valence-electron chi connectivity index (χ4n) is 2.90. The van der Waals surface area contributed by atoms with E-state index in [0.717, 1.165) is 25.8 Å². The standard InChI is InChI=1S/C15H25N3O2S/c1-3-18(21(2,19)20)12-6-11-16-14-9-4-7-13-8-5-10-17-15(13)14/h5,8,10,14,16H,3-4,6-7,9,11-12H2,1-2H3. The van der Waals surface area contributed by atoms with Crippen molar-refractivity contribution in [3.05, 3.63) is 29.6 Å². The van der Waals surface area contributed by atoms with Gasteiger partial charge in [0.1, 0.15) is 0 Å². The Labute approximate surface area is 127 Å². The monoisotopic (exact) mass is 311 g/mol. The van der Waals surface area contributed by atoms with Crippen LogP contribution in [0.2, 0.25) is 0 Å². The van der Waals surface area contributed by atoms with Gasteiger partial charge in [-0.1, -0.05) is 13.0 Å². The average molecular weight is 311 g/mol. The molecule has 1 heterocycles. The van der Waals surface area contributed by atoms with Gasteiger partial charge in [-0.3, -0.25) is 4.98 Å². The summed E-state index contributed by atoms with van der Waals surface area (Å²) >= 11 is 0. The molecular weight excluding hydrogens is 286 g/mol. The SMILES string of the molecule is CCN(CCCNC1CCCc2cccnc21)S(C)(=O)=O. The number of sulfonamides is 1. The summed E-state index contributed by atoms with van der Waals surface area (Å²) in [5, 5.41) is 3.52. The highest BCUT2D eigenvalue weighted by atomic mass is 32.2. The Bertz CT molecular complexity index is 560. The predicted octanol–water partition coefficient (Wildman–Crippen LogP) is 1.72. The Morgan fingerprint density at radius 2 is 2.29 bits per heavy atom. The summed E-state index contributed by atoms with van der Waals surface area (Å²) in [5.74, 6) is 0. The summed E-state index contributed by atoms with van der Waals surface area (Å²) < 4.78 is 24.6. The minimum absolute atomic E-state index is 0.309. The van der Waals surface area contributed by atoms with Crippen LogP contribution in [0.15, 0.2) is 18.3 Å². The van der Waals surface area contributed by atoms with Gasteiger partial charge in [-0.05, 0) is 43.9 Å².